The van der Waals surface area contributed by atoms with E-state index in [0.29, 0.717) is 17.2 Å². The van der Waals surface area contributed by atoms with Gasteiger partial charge in [-0.2, -0.15) is 0 Å². The van der Waals surface area contributed by atoms with Gasteiger partial charge in [-0.25, -0.2) is 13.1 Å². The molecule has 0 spiro atoms. The quantitative estimate of drug-likeness (QED) is 0.776. The highest BCUT2D eigenvalue weighted by Gasteiger charge is 2.14. The Hall–Kier alpha value is -2.84. The first kappa shape index (κ1) is 18.0. The van der Waals surface area contributed by atoms with Crippen LogP contribution in [0.3, 0.4) is 0 Å². The molecular weight excluding hydrogens is 356 g/mol. The number of nitrogens with one attached hydrogen (secondary N) is 2. The molecule has 0 aliphatic carbocycles. The van der Waals surface area contributed by atoms with Crippen LogP contribution in [0.1, 0.15) is 12.0 Å². The molecule has 8 heteroatoms. The number of hydrogen-bond donors (Lipinski definition) is 2. The van der Waals surface area contributed by atoms with Gasteiger partial charge in [0.15, 0.2) is 11.5 Å². The topological polar surface area (TPSA) is 93.7 Å². The molecule has 1 aliphatic heterocycles. The molecule has 1 amide bonds. The van der Waals surface area contributed by atoms with Crippen molar-refractivity contribution in [1.29, 1.82) is 0 Å². The van der Waals surface area contributed by atoms with Crippen LogP contribution >= 0.6 is 0 Å². The minimum Gasteiger partial charge on any atom is -0.454 e. The van der Waals surface area contributed by atoms with Crippen molar-refractivity contribution in [1.82, 2.24) is 4.72 Å². The molecule has 0 fully saturated rings. The highest BCUT2D eigenvalue weighted by Crippen LogP contribution is 2.34. The number of amides is 1. The lowest BCUT2D eigenvalue weighted by Crippen LogP contribution is -2.26. The fourth-order valence-electron chi connectivity index (χ4n) is 2.29. The predicted molar refractivity (Wildman–Crippen MR) is 98.2 cm³/mol. The fourth-order valence-corrected chi connectivity index (χ4v) is 3.10. The van der Waals surface area contributed by atoms with Gasteiger partial charge in [-0.05, 0) is 23.8 Å². The van der Waals surface area contributed by atoms with Gasteiger partial charge < -0.3 is 14.8 Å². The monoisotopic (exact) mass is 374 g/mol. The first-order valence-electron chi connectivity index (χ1n) is 7.94. The zero-order chi connectivity index (χ0) is 18.4. The smallest absolute Gasteiger partial charge is 0.233 e. The first-order chi connectivity index (χ1) is 12.5. The molecule has 3 rings (SSSR count). The van der Waals surface area contributed by atoms with Gasteiger partial charge in [-0.1, -0.05) is 30.3 Å². The summed E-state index contributed by atoms with van der Waals surface area (Å²) in [4.78, 5) is 11.9. The third kappa shape index (κ3) is 5.08. The molecule has 0 aromatic heterocycles. The molecule has 2 aromatic rings. The Bertz CT molecular complexity index is 910. The van der Waals surface area contributed by atoms with Crippen LogP contribution in [0, 0.1) is 0 Å². The molecule has 0 atom stereocenters. The van der Waals surface area contributed by atoms with E-state index in [-0.39, 0.29) is 25.7 Å². The van der Waals surface area contributed by atoms with Crippen molar-refractivity contribution in [3.63, 3.8) is 0 Å². The predicted octanol–water partition coefficient (Wildman–Crippen LogP) is 2.33. The molecule has 136 valence electrons. The highest BCUT2D eigenvalue weighted by atomic mass is 32.2. The van der Waals surface area contributed by atoms with Crippen LogP contribution in [0.15, 0.2) is 53.9 Å². The maximum absolute atomic E-state index is 11.9. The summed E-state index contributed by atoms with van der Waals surface area (Å²) in [6, 6.07) is 14.1. The number of benzene rings is 2. The molecule has 26 heavy (non-hydrogen) atoms. The lowest BCUT2D eigenvalue weighted by molar-refractivity contribution is -0.116. The number of anilines is 1. The Labute approximate surface area is 151 Å². The maximum Gasteiger partial charge on any atom is 0.233 e. The summed E-state index contributed by atoms with van der Waals surface area (Å²) in [7, 11) is -3.60. The second-order valence-corrected chi connectivity index (χ2v) is 7.17. The van der Waals surface area contributed by atoms with Crippen molar-refractivity contribution in [2.75, 3.05) is 18.7 Å². The number of carbonyl (C=O) groups is 1. The van der Waals surface area contributed by atoms with Crippen LogP contribution in [0.5, 0.6) is 11.5 Å². The summed E-state index contributed by atoms with van der Waals surface area (Å²) in [6.07, 6.45) is 1.50. The second-order valence-electron chi connectivity index (χ2n) is 5.52. The van der Waals surface area contributed by atoms with E-state index < -0.39 is 10.0 Å². The lowest BCUT2D eigenvalue weighted by atomic mass is 10.2. The van der Waals surface area contributed by atoms with Crippen molar-refractivity contribution in [2.45, 2.75) is 6.42 Å². The van der Waals surface area contributed by atoms with E-state index in [9.17, 15) is 13.2 Å². The van der Waals surface area contributed by atoms with Crippen molar-refractivity contribution >= 4 is 27.7 Å². The van der Waals surface area contributed by atoms with Gasteiger partial charge in [-0.15, -0.1) is 0 Å². The Morgan fingerprint density at radius 1 is 1.08 bits per heavy atom. The summed E-state index contributed by atoms with van der Waals surface area (Å²) < 4.78 is 36.6. The summed E-state index contributed by atoms with van der Waals surface area (Å²) in [6.45, 7) is 0.156. The van der Waals surface area contributed by atoms with Gasteiger partial charge >= 0.3 is 0 Å². The maximum atomic E-state index is 11.9. The van der Waals surface area contributed by atoms with Gasteiger partial charge in [0, 0.05) is 30.1 Å². The Morgan fingerprint density at radius 3 is 2.65 bits per heavy atom. The average Bonchev–Trinajstić information content (AvgIpc) is 3.08. The summed E-state index contributed by atoms with van der Waals surface area (Å²) in [5, 5.41) is 3.77. The van der Waals surface area contributed by atoms with Gasteiger partial charge in [0.25, 0.3) is 0 Å². The van der Waals surface area contributed by atoms with Gasteiger partial charge in [0.2, 0.25) is 22.7 Å². The normalized spacial score (nSPS) is 13.1. The molecule has 0 unspecified atom stereocenters. The van der Waals surface area contributed by atoms with Gasteiger partial charge in [0.05, 0.1) is 0 Å². The molecule has 1 aliphatic rings. The Balaban J connectivity index is 1.46. The highest BCUT2D eigenvalue weighted by molar-refractivity contribution is 7.92. The minimum atomic E-state index is -3.60. The van der Waals surface area contributed by atoms with Crippen molar-refractivity contribution < 1.29 is 22.7 Å². The van der Waals surface area contributed by atoms with E-state index >= 15 is 0 Å². The van der Waals surface area contributed by atoms with Crippen LogP contribution in [-0.2, 0) is 14.8 Å². The standard InChI is InChI=1S/C18H18N2O5S/c21-18(20-15-6-7-16-17(12-15)25-13-24-16)8-10-19-26(22,23)11-9-14-4-2-1-3-5-14/h1-7,9,11-12,19H,8,10,13H2,(H,20,21)/b11-9+. The van der Waals surface area contributed by atoms with Crippen LogP contribution in [0.25, 0.3) is 6.08 Å². The molecule has 0 saturated heterocycles. The second kappa shape index (κ2) is 8.03. The SMILES string of the molecule is O=C(CCNS(=O)(=O)/C=C/c1ccccc1)Nc1ccc2c(c1)OCO2. The Kier molecular flexibility index (Phi) is 5.55. The third-order valence-electron chi connectivity index (χ3n) is 3.55. The van der Waals surface area contributed by atoms with Gasteiger partial charge in [0.1, 0.15) is 0 Å². The number of fused-ring (bicyclic) bond motifs is 1. The first-order valence-corrected chi connectivity index (χ1v) is 9.49. The number of hydrogen-bond acceptors (Lipinski definition) is 5. The number of ether oxygens (including phenoxy) is 2. The summed E-state index contributed by atoms with van der Waals surface area (Å²) in [5.74, 6) is 0.883. The molecule has 1 heterocycles. The average molecular weight is 374 g/mol. The van der Waals surface area contributed by atoms with Crippen LogP contribution in [0.4, 0.5) is 5.69 Å². The van der Waals surface area contributed by atoms with E-state index in [4.69, 9.17) is 9.47 Å². The molecule has 7 nitrogen and oxygen atoms in total. The van der Waals surface area contributed by atoms with Crippen LogP contribution in [-0.4, -0.2) is 27.7 Å². The van der Waals surface area contributed by atoms with E-state index in [1.807, 2.05) is 18.2 Å². The van der Waals surface area contributed by atoms with E-state index in [1.54, 1.807) is 30.3 Å². The molecule has 0 saturated carbocycles. The molecular formula is C18H18N2O5S. The van der Waals surface area contributed by atoms with E-state index in [1.165, 1.54) is 6.08 Å². The molecule has 0 bridgehead atoms. The molecule has 2 aromatic carbocycles. The zero-order valence-electron chi connectivity index (χ0n) is 13.8. The summed E-state index contributed by atoms with van der Waals surface area (Å²) in [5.41, 5.74) is 1.34. The van der Waals surface area contributed by atoms with E-state index in [2.05, 4.69) is 10.0 Å². The number of rotatable bonds is 7. The lowest BCUT2D eigenvalue weighted by Gasteiger charge is -2.06. The van der Waals surface area contributed by atoms with Crippen molar-refractivity contribution in [3.05, 3.63) is 59.5 Å². The van der Waals surface area contributed by atoms with Crippen LogP contribution in [0.2, 0.25) is 0 Å². The third-order valence-corrected chi connectivity index (χ3v) is 4.65. The molecule has 2 N–H and O–H groups in total. The Morgan fingerprint density at radius 2 is 1.85 bits per heavy atom. The minimum absolute atomic E-state index is 0.00213. The van der Waals surface area contributed by atoms with Crippen LogP contribution < -0.4 is 19.5 Å². The van der Waals surface area contributed by atoms with Crippen molar-refractivity contribution in [3.8, 4) is 11.5 Å². The number of carbonyl (C=O) groups excluding carboxylic acids is 1. The zero-order valence-corrected chi connectivity index (χ0v) is 14.7. The van der Waals surface area contributed by atoms with E-state index in [0.717, 1.165) is 11.0 Å². The van der Waals surface area contributed by atoms with Gasteiger partial charge in [-0.3, -0.25) is 4.79 Å². The molecule has 0 radical (unpaired) electrons. The number of sulfonamides is 1. The summed E-state index contributed by atoms with van der Waals surface area (Å²) >= 11 is 0. The fraction of sp³-hybridized carbons (Fsp3) is 0.167. The van der Waals surface area contributed by atoms with Crippen molar-refractivity contribution in [2.24, 2.45) is 0 Å². The largest absolute Gasteiger partial charge is 0.454 e.